The molecule has 0 saturated carbocycles. The van der Waals surface area contributed by atoms with Gasteiger partial charge in [-0.05, 0) is 55.5 Å². The Bertz CT molecular complexity index is 1420. The number of nitrogen functional groups attached to an aromatic ring is 1. The Morgan fingerprint density at radius 3 is 2.56 bits per heavy atom. The van der Waals surface area contributed by atoms with E-state index in [1.165, 1.54) is 23.9 Å². The summed E-state index contributed by atoms with van der Waals surface area (Å²) in [4.78, 5) is 24.5. The van der Waals surface area contributed by atoms with Crippen molar-refractivity contribution >= 4 is 56.5 Å². The Labute approximate surface area is 217 Å². The third-order valence-corrected chi connectivity index (χ3v) is 9.40. The first-order valence-electron chi connectivity index (χ1n) is 10.8. The summed E-state index contributed by atoms with van der Waals surface area (Å²) >= 11 is 2.43. The molecule has 3 aromatic rings. The average molecular weight is 547 g/mol. The van der Waals surface area contributed by atoms with Crippen LogP contribution in [0, 0.1) is 12.3 Å². The fourth-order valence-electron chi connectivity index (χ4n) is 3.45. The lowest BCUT2D eigenvalue weighted by Gasteiger charge is -2.15. The Balaban J connectivity index is 1.98. The number of anilines is 1. The molecule has 9 nitrogen and oxygen atoms in total. The summed E-state index contributed by atoms with van der Waals surface area (Å²) in [5.74, 6) is -0.747. The number of ether oxygens (including phenoxy) is 1. The highest BCUT2D eigenvalue weighted by Crippen LogP contribution is 2.38. The number of carbonyl (C=O) groups is 2. The number of aryl methyl sites for hydroxylation is 1. The topological polar surface area (TPSA) is 151 Å². The molecule has 3 rings (SSSR count). The van der Waals surface area contributed by atoms with E-state index in [9.17, 15) is 18.0 Å². The van der Waals surface area contributed by atoms with Crippen LogP contribution in [0.4, 0.5) is 10.5 Å². The summed E-state index contributed by atoms with van der Waals surface area (Å²) in [6.45, 7) is 3.45. The van der Waals surface area contributed by atoms with E-state index in [2.05, 4.69) is 10.6 Å². The lowest BCUT2D eigenvalue weighted by molar-refractivity contribution is -0.141. The highest BCUT2D eigenvalue weighted by Gasteiger charge is 2.25. The zero-order valence-corrected chi connectivity index (χ0v) is 22.3. The number of hydrogen-bond donors (Lipinski definition) is 4. The number of esters is 1. The van der Waals surface area contributed by atoms with Gasteiger partial charge in [-0.1, -0.05) is 24.3 Å². The molecule has 0 radical (unpaired) electrons. The number of nitrogens with one attached hydrogen (secondary N) is 3. The first-order chi connectivity index (χ1) is 17.1. The lowest BCUT2D eigenvalue weighted by atomic mass is 9.98. The van der Waals surface area contributed by atoms with E-state index < -0.39 is 21.8 Å². The smallest absolute Gasteiger partial charge is 0.325 e. The van der Waals surface area contributed by atoms with Crippen LogP contribution < -0.4 is 16.4 Å². The molecule has 0 saturated heterocycles. The Morgan fingerprint density at radius 2 is 1.89 bits per heavy atom. The zero-order valence-electron chi connectivity index (χ0n) is 19.9. The molecular formula is C24H26N4O5S3. The van der Waals surface area contributed by atoms with Gasteiger partial charge in [-0.2, -0.15) is 0 Å². The highest BCUT2D eigenvalue weighted by atomic mass is 32.2. The SMILES string of the molecule is CCOC(=O)CNC(=O)Nc1cccc(C)c1-c1cccc(S(=O)(=O)c2cc(C(=N)N)sc2SC)c1. The molecule has 0 aliphatic rings. The number of benzene rings is 2. The minimum atomic E-state index is -3.91. The van der Waals surface area contributed by atoms with Crippen molar-refractivity contribution in [3.63, 3.8) is 0 Å². The summed E-state index contributed by atoms with van der Waals surface area (Å²) in [6.07, 6.45) is 1.77. The van der Waals surface area contributed by atoms with E-state index in [4.69, 9.17) is 15.9 Å². The molecule has 36 heavy (non-hydrogen) atoms. The molecule has 0 aliphatic carbocycles. The third kappa shape index (κ3) is 6.07. The molecule has 12 heteroatoms. The Hall–Kier alpha value is -3.35. The third-order valence-electron chi connectivity index (χ3n) is 5.06. The van der Waals surface area contributed by atoms with Crippen LogP contribution in [0.25, 0.3) is 11.1 Å². The predicted octanol–water partition coefficient (Wildman–Crippen LogP) is 4.25. The summed E-state index contributed by atoms with van der Waals surface area (Å²) in [5.41, 5.74) is 8.07. The number of carbonyl (C=O) groups excluding carboxylic acids is 2. The maximum Gasteiger partial charge on any atom is 0.325 e. The lowest BCUT2D eigenvalue weighted by Crippen LogP contribution is -2.34. The van der Waals surface area contributed by atoms with Crippen LogP contribution >= 0.6 is 23.1 Å². The van der Waals surface area contributed by atoms with E-state index in [1.54, 1.807) is 43.5 Å². The monoisotopic (exact) mass is 546 g/mol. The first kappa shape index (κ1) is 27.2. The van der Waals surface area contributed by atoms with E-state index in [0.29, 0.717) is 25.9 Å². The number of amides is 2. The van der Waals surface area contributed by atoms with Gasteiger partial charge in [-0.15, -0.1) is 23.1 Å². The number of hydrogen-bond acceptors (Lipinski definition) is 8. The average Bonchev–Trinajstić information content (AvgIpc) is 3.29. The highest BCUT2D eigenvalue weighted by molar-refractivity contribution is 8.01. The fraction of sp³-hybridized carbons (Fsp3) is 0.208. The minimum absolute atomic E-state index is 0.0733. The molecule has 190 valence electrons. The second-order valence-electron chi connectivity index (χ2n) is 7.52. The van der Waals surface area contributed by atoms with Crippen LogP contribution in [0.5, 0.6) is 0 Å². The summed E-state index contributed by atoms with van der Waals surface area (Å²) in [7, 11) is -3.91. The van der Waals surface area contributed by atoms with Crippen molar-refractivity contribution < 1.29 is 22.7 Å². The number of rotatable bonds is 9. The van der Waals surface area contributed by atoms with Gasteiger partial charge in [0.15, 0.2) is 0 Å². The van der Waals surface area contributed by atoms with Gasteiger partial charge in [0, 0.05) is 5.56 Å². The van der Waals surface area contributed by atoms with Crippen LogP contribution in [0.15, 0.2) is 62.5 Å². The van der Waals surface area contributed by atoms with Crippen LogP contribution in [0.3, 0.4) is 0 Å². The van der Waals surface area contributed by atoms with Gasteiger partial charge < -0.3 is 21.1 Å². The molecule has 2 amide bonds. The van der Waals surface area contributed by atoms with Crippen LogP contribution in [-0.2, 0) is 19.4 Å². The molecule has 1 aromatic heterocycles. The fourth-order valence-corrected chi connectivity index (χ4v) is 7.35. The van der Waals surface area contributed by atoms with Crippen molar-refractivity contribution in [3.8, 4) is 11.1 Å². The van der Waals surface area contributed by atoms with E-state index in [0.717, 1.165) is 16.9 Å². The van der Waals surface area contributed by atoms with Crippen LogP contribution in [-0.4, -0.2) is 45.7 Å². The van der Waals surface area contributed by atoms with Gasteiger partial charge in [0.2, 0.25) is 9.84 Å². The van der Waals surface area contributed by atoms with Crippen molar-refractivity contribution in [2.45, 2.75) is 27.8 Å². The number of nitrogens with two attached hydrogens (primary N) is 1. The molecule has 0 aliphatic heterocycles. The molecule has 0 atom stereocenters. The van der Waals surface area contributed by atoms with Gasteiger partial charge in [-0.25, -0.2) is 13.2 Å². The summed E-state index contributed by atoms with van der Waals surface area (Å²) < 4.78 is 32.4. The number of amidine groups is 1. The summed E-state index contributed by atoms with van der Waals surface area (Å²) in [5, 5.41) is 12.8. The van der Waals surface area contributed by atoms with E-state index >= 15 is 0 Å². The van der Waals surface area contributed by atoms with Crippen molar-refractivity contribution in [1.82, 2.24) is 5.32 Å². The van der Waals surface area contributed by atoms with Crippen molar-refractivity contribution in [3.05, 3.63) is 59.0 Å². The molecule has 2 aromatic carbocycles. The van der Waals surface area contributed by atoms with Crippen molar-refractivity contribution in [2.75, 3.05) is 24.7 Å². The van der Waals surface area contributed by atoms with Crippen molar-refractivity contribution in [2.24, 2.45) is 5.73 Å². The maximum absolute atomic E-state index is 13.5. The zero-order chi connectivity index (χ0) is 26.5. The second kappa shape index (κ2) is 11.6. The number of thiophene rings is 1. The predicted molar refractivity (Wildman–Crippen MR) is 143 cm³/mol. The van der Waals surface area contributed by atoms with Crippen LogP contribution in [0.2, 0.25) is 0 Å². The Kier molecular flexibility index (Phi) is 8.77. The van der Waals surface area contributed by atoms with Gasteiger partial charge in [-0.3, -0.25) is 10.2 Å². The number of urea groups is 1. The van der Waals surface area contributed by atoms with Gasteiger partial charge in [0.05, 0.1) is 31.2 Å². The normalized spacial score (nSPS) is 11.1. The summed E-state index contributed by atoms with van der Waals surface area (Å²) in [6, 6.07) is 12.6. The molecule has 1 heterocycles. The molecule has 0 unspecified atom stereocenters. The number of sulfone groups is 1. The van der Waals surface area contributed by atoms with Gasteiger partial charge in [0.25, 0.3) is 0 Å². The van der Waals surface area contributed by atoms with E-state index in [1.807, 2.05) is 13.0 Å². The standard InChI is InChI=1S/C24H26N4O5S3/c1-4-33-20(29)13-27-24(30)28-17-10-5-7-14(2)21(17)15-8-6-9-16(11-15)36(31,32)19-12-18(22(25)26)35-23(19)34-3/h5-12H,4,13H2,1-3H3,(H3,25,26)(H2,27,28,30). The minimum Gasteiger partial charge on any atom is -0.465 e. The first-order valence-corrected chi connectivity index (χ1v) is 14.3. The largest absolute Gasteiger partial charge is 0.465 e. The number of thioether (sulfide) groups is 1. The molecule has 0 fully saturated rings. The van der Waals surface area contributed by atoms with Crippen LogP contribution in [0.1, 0.15) is 17.4 Å². The molecule has 5 N–H and O–H groups in total. The second-order valence-corrected chi connectivity index (χ2v) is 11.6. The van der Waals surface area contributed by atoms with Gasteiger partial charge in [0.1, 0.15) is 12.4 Å². The quantitative estimate of drug-likeness (QED) is 0.136. The van der Waals surface area contributed by atoms with E-state index in [-0.39, 0.29) is 28.8 Å². The Morgan fingerprint density at radius 1 is 1.17 bits per heavy atom. The molecule has 0 bridgehead atoms. The van der Waals surface area contributed by atoms with Crippen molar-refractivity contribution in [1.29, 1.82) is 5.41 Å². The molecular weight excluding hydrogens is 520 g/mol. The van der Waals surface area contributed by atoms with Gasteiger partial charge >= 0.3 is 12.0 Å². The molecule has 0 spiro atoms. The maximum atomic E-state index is 13.5.